The van der Waals surface area contributed by atoms with E-state index in [1.165, 1.54) is 23.5 Å². The molecule has 1 amide bonds. The van der Waals surface area contributed by atoms with Gasteiger partial charge < -0.3 is 9.30 Å². The lowest BCUT2D eigenvalue weighted by atomic mass is 10.0. The Morgan fingerprint density at radius 2 is 1.65 bits per heavy atom. The largest absolute Gasteiger partial charge is 0.416 e. The van der Waals surface area contributed by atoms with E-state index in [4.69, 9.17) is 4.98 Å². The molecule has 9 heteroatoms. The van der Waals surface area contributed by atoms with E-state index in [0.29, 0.717) is 43.9 Å². The SMILES string of the molecule is Cc1ccc(-c2nc3ccc(-c4cccc(C(F)(F)F)c4)cn3c2CN2CCN(C(=O)c3cccs3)CC2)cc1. The number of thiophene rings is 1. The predicted molar refractivity (Wildman–Crippen MR) is 151 cm³/mol. The number of piperazine rings is 1. The summed E-state index contributed by atoms with van der Waals surface area (Å²) in [6, 6.07) is 21.0. The van der Waals surface area contributed by atoms with Gasteiger partial charge in [-0.1, -0.05) is 48.0 Å². The molecule has 5 aromatic rings. The fourth-order valence-electron chi connectivity index (χ4n) is 5.11. The molecule has 40 heavy (non-hydrogen) atoms. The van der Waals surface area contributed by atoms with Crippen molar-refractivity contribution in [3.63, 3.8) is 0 Å². The van der Waals surface area contributed by atoms with E-state index in [9.17, 15) is 18.0 Å². The molecular weight excluding hydrogens is 533 g/mol. The number of rotatable bonds is 5. The number of alkyl halides is 3. The van der Waals surface area contributed by atoms with Crippen LogP contribution in [0.3, 0.4) is 0 Å². The zero-order valence-corrected chi connectivity index (χ0v) is 22.7. The second-order valence-corrected chi connectivity index (χ2v) is 11.0. The summed E-state index contributed by atoms with van der Waals surface area (Å²) in [5, 5.41) is 1.91. The molecule has 1 fully saturated rings. The monoisotopic (exact) mass is 560 g/mol. The maximum absolute atomic E-state index is 13.4. The third-order valence-corrected chi connectivity index (χ3v) is 8.19. The molecule has 4 heterocycles. The average molecular weight is 561 g/mol. The third kappa shape index (κ3) is 5.26. The van der Waals surface area contributed by atoms with Crippen molar-refractivity contribution >= 4 is 22.9 Å². The minimum absolute atomic E-state index is 0.0653. The van der Waals surface area contributed by atoms with Crippen molar-refractivity contribution in [3.8, 4) is 22.4 Å². The zero-order valence-electron chi connectivity index (χ0n) is 21.9. The normalized spacial score (nSPS) is 14.7. The van der Waals surface area contributed by atoms with Crippen LogP contribution in [0.4, 0.5) is 13.2 Å². The van der Waals surface area contributed by atoms with Crippen LogP contribution in [0, 0.1) is 6.92 Å². The maximum Gasteiger partial charge on any atom is 0.416 e. The molecular formula is C31H27F3N4OS. The highest BCUT2D eigenvalue weighted by atomic mass is 32.1. The second kappa shape index (κ2) is 10.6. The average Bonchev–Trinajstić information content (AvgIpc) is 3.62. The van der Waals surface area contributed by atoms with Crippen molar-refractivity contribution in [1.82, 2.24) is 19.2 Å². The molecule has 0 unspecified atom stereocenters. The summed E-state index contributed by atoms with van der Waals surface area (Å²) in [6.07, 6.45) is -2.53. The molecule has 0 spiro atoms. The summed E-state index contributed by atoms with van der Waals surface area (Å²) in [5.74, 6) is 0.0653. The minimum Gasteiger partial charge on any atom is -0.335 e. The van der Waals surface area contributed by atoms with Gasteiger partial charge in [0.05, 0.1) is 21.8 Å². The maximum atomic E-state index is 13.4. The van der Waals surface area contributed by atoms with E-state index in [2.05, 4.69) is 4.90 Å². The van der Waals surface area contributed by atoms with Crippen LogP contribution in [-0.2, 0) is 12.7 Å². The van der Waals surface area contributed by atoms with Crippen molar-refractivity contribution in [2.45, 2.75) is 19.6 Å². The molecule has 1 aliphatic rings. The van der Waals surface area contributed by atoms with E-state index in [0.717, 1.165) is 39.1 Å². The number of carbonyl (C=O) groups is 1. The van der Waals surface area contributed by atoms with Gasteiger partial charge in [0.15, 0.2) is 0 Å². The summed E-state index contributed by atoms with van der Waals surface area (Å²) in [4.78, 5) is 22.7. The highest BCUT2D eigenvalue weighted by molar-refractivity contribution is 7.12. The Hall–Kier alpha value is -3.95. The summed E-state index contributed by atoms with van der Waals surface area (Å²) in [7, 11) is 0. The first-order valence-corrected chi connectivity index (χ1v) is 13.9. The van der Waals surface area contributed by atoms with Gasteiger partial charge in [0.2, 0.25) is 0 Å². The van der Waals surface area contributed by atoms with E-state index in [1.54, 1.807) is 6.07 Å². The third-order valence-electron chi connectivity index (χ3n) is 7.33. The number of halogens is 3. The van der Waals surface area contributed by atoms with Crippen molar-refractivity contribution in [2.75, 3.05) is 26.2 Å². The Morgan fingerprint density at radius 3 is 2.35 bits per heavy atom. The van der Waals surface area contributed by atoms with Crippen LogP contribution in [-0.4, -0.2) is 51.3 Å². The number of hydrogen-bond donors (Lipinski definition) is 0. The van der Waals surface area contributed by atoms with Gasteiger partial charge in [-0.25, -0.2) is 4.98 Å². The van der Waals surface area contributed by atoms with Gasteiger partial charge in [-0.05, 0) is 53.8 Å². The molecule has 2 aromatic carbocycles. The quantitative estimate of drug-likeness (QED) is 0.232. The first-order valence-electron chi connectivity index (χ1n) is 13.1. The summed E-state index contributed by atoms with van der Waals surface area (Å²) in [6.45, 7) is 5.31. The lowest BCUT2D eigenvalue weighted by Gasteiger charge is -2.34. The summed E-state index contributed by atoms with van der Waals surface area (Å²) in [5.41, 5.74) is 5.17. The van der Waals surface area contributed by atoms with Gasteiger partial charge in [0.1, 0.15) is 5.65 Å². The van der Waals surface area contributed by atoms with Crippen molar-refractivity contribution < 1.29 is 18.0 Å². The van der Waals surface area contributed by atoms with Gasteiger partial charge in [0.25, 0.3) is 5.91 Å². The number of pyridine rings is 1. The zero-order chi connectivity index (χ0) is 27.9. The smallest absolute Gasteiger partial charge is 0.335 e. The van der Waals surface area contributed by atoms with E-state index in [-0.39, 0.29) is 5.91 Å². The molecule has 5 nitrogen and oxygen atoms in total. The van der Waals surface area contributed by atoms with Crippen LogP contribution in [0.5, 0.6) is 0 Å². The van der Waals surface area contributed by atoms with E-state index >= 15 is 0 Å². The van der Waals surface area contributed by atoms with Gasteiger partial charge in [0, 0.05) is 44.5 Å². The molecule has 1 aliphatic heterocycles. The van der Waals surface area contributed by atoms with Gasteiger partial charge in [-0.3, -0.25) is 9.69 Å². The Morgan fingerprint density at radius 1 is 0.900 bits per heavy atom. The molecule has 0 saturated carbocycles. The van der Waals surface area contributed by atoms with Crippen molar-refractivity contribution in [1.29, 1.82) is 0 Å². The Kier molecular flexibility index (Phi) is 6.93. The number of imidazole rings is 1. The molecule has 0 bridgehead atoms. The topological polar surface area (TPSA) is 40.9 Å². The molecule has 0 aliphatic carbocycles. The standard InChI is InChI=1S/C31H27F3N4OS/c1-21-7-9-22(10-8-21)29-26(20-36-13-15-37(16-14-36)30(39)27-6-3-17-40-27)38-19-24(11-12-28(38)35-29)23-4-2-5-25(18-23)31(32,33)34/h2-12,17-19H,13-16,20H2,1H3. The first-order chi connectivity index (χ1) is 19.3. The Labute approximate surface area is 234 Å². The van der Waals surface area contributed by atoms with Crippen molar-refractivity contribution in [3.05, 3.63) is 106 Å². The molecule has 204 valence electrons. The Balaban J connectivity index is 1.34. The minimum atomic E-state index is -4.41. The van der Waals surface area contributed by atoms with Crippen LogP contribution in [0.2, 0.25) is 0 Å². The fraction of sp³-hybridized carbons (Fsp3) is 0.226. The van der Waals surface area contributed by atoms with Crippen LogP contribution < -0.4 is 0 Å². The van der Waals surface area contributed by atoms with Gasteiger partial charge >= 0.3 is 6.18 Å². The highest BCUT2D eigenvalue weighted by Gasteiger charge is 2.30. The highest BCUT2D eigenvalue weighted by Crippen LogP contribution is 2.33. The fourth-order valence-corrected chi connectivity index (χ4v) is 5.80. The van der Waals surface area contributed by atoms with Crippen LogP contribution >= 0.6 is 11.3 Å². The molecule has 1 saturated heterocycles. The number of aromatic nitrogens is 2. The van der Waals surface area contributed by atoms with Gasteiger partial charge in [-0.15, -0.1) is 11.3 Å². The number of carbonyl (C=O) groups excluding carboxylic acids is 1. The van der Waals surface area contributed by atoms with Crippen molar-refractivity contribution in [2.24, 2.45) is 0 Å². The van der Waals surface area contributed by atoms with Crippen LogP contribution in [0.15, 0.2) is 84.4 Å². The molecule has 0 radical (unpaired) electrons. The number of amides is 1. The predicted octanol–water partition coefficient (Wildman–Crippen LogP) is 7.02. The molecule has 3 aromatic heterocycles. The van der Waals surface area contributed by atoms with E-state index < -0.39 is 11.7 Å². The van der Waals surface area contributed by atoms with Gasteiger partial charge in [-0.2, -0.15) is 13.2 Å². The van der Waals surface area contributed by atoms with Crippen LogP contribution in [0.1, 0.15) is 26.5 Å². The number of benzene rings is 2. The Bertz CT molecular complexity index is 1650. The number of nitrogens with zero attached hydrogens (tertiary/aromatic N) is 4. The van der Waals surface area contributed by atoms with E-state index in [1.807, 2.05) is 76.3 Å². The van der Waals surface area contributed by atoms with Crippen LogP contribution in [0.25, 0.3) is 28.0 Å². The summed E-state index contributed by atoms with van der Waals surface area (Å²) >= 11 is 1.45. The number of aryl methyl sites for hydroxylation is 1. The number of fused-ring (bicyclic) bond motifs is 1. The molecule has 6 rings (SSSR count). The second-order valence-electron chi connectivity index (χ2n) is 10.0. The number of hydrogen-bond acceptors (Lipinski definition) is 4. The molecule has 0 atom stereocenters. The summed E-state index contributed by atoms with van der Waals surface area (Å²) < 4.78 is 42.2. The first kappa shape index (κ1) is 26.3. The molecule has 0 N–H and O–H groups in total. The lowest BCUT2D eigenvalue weighted by molar-refractivity contribution is -0.137. The lowest BCUT2D eigenvalue weighted by Crippen LogP contribution is -2.48.